The molecule has 1 unspecified atom stereocenters. The Kier molecular flexibility index (Phi) is 21.5. The molecule has 3 aliphatic heterocycles. The summed E-state index contributed by atoms with van der Waals surface area (Å²) in [7, 11) is 7.18. The second-order valence-corrected chi connectivity index (χ2v) is 23.0. The maximum atomic E-state index is 14.6. The summed E-state index contributed by atoms with van der Waals surface area (Å²) in [6.45, 7) is 22.5. The number of carboxylic acids is 1. The number of hydrogen-bond donors (Lipinski definition) is 5. The van der Waals surface area contributed by atoms with Crippen LogP contribution in [0, 0.1) is 17.8 Å². The number of cyclic esters (lactones) is 1. The summed E-state index contributed by atoms with van der Waals surface area (Å²) in [6, 6.07) is 4.50. The molecule has 426 valence electrons. The lowest BCUT2D eigenvalue weighted by atomic mass is 9.77. The molecule has 1 aromatic heterocycles. The molecule has 19 heteroatoms. The number of esters is 1. The summed E-state index contributed by atoms with van der Waals surface area (Å²) >= 11 is 0. The Balaban J connectivity index is 1.37. The zero-order chi connectivity index (χ0) is 56.1. The van der Waals surface area contributed by atoms with Crippen molar-refractivity contribution in [3.63, 3.8) is 0 Å². The molecule has 0 bridgehead atoms. The number of methoxy groups -OCH3 is 1. The SMILES string of the molecule is CC[C@H]1OC(=O)[C@H](C)[C@@H](OC2C[C@@](C)(OC)[C@@H](OCCO/C=C/Cc3ccc4c(c3)c(=O)c(C(=O)O)cn4C(C)C)[C@H](C)O2)[C@H](C)[C@@H](O[C@@H]2O[C@H](C)C[C@H](N(C)C)[C@H]2O)[C@](C)(O)C[C@@H](C)CN(C)[C@H](C)[C@H](O)[C@]1(C)O. The van der Waals surface area contributed by atoms with Gasteiger partial charge in [-0.15, -0.1) is 0 Å². The van der Waals surface area contributed by atoms with Gasteiger partial charge in [-0.3, -0.25) is 9.59 Å². The van der Waals surface area contributed by atoms with Crippen molar-refractivity contribution in [3.05, 3.63) is 58.1 Å². The van der Waals surface area contributed by atoms with Crippen molar-refractivity contribution in [2.75, 3.05) is 48.0 Å². The standard InChI is InChI=1S/C56H91N3O16/c1-17-43-56(12,67)48(62)36(8)58(15)29-32(4)27-54(10,66)49(75-53-46(61)42(57(13)14)25-33(5)71-53)34(6)47(35(7)52(65)73-43)74-44-28-55(11,68-16)50(37(9)72-44)70-24-23-69-22-18-19-38-20-21-41-39(26-38)45(60)40(51(63)64)30-59(41)31(2)3/h18,20-22,26,30-37,42-44,46-50,53,61-62,66-67H,17,19,23-25,27-29H2,1-16H3,(H,63,64)/b22-18+/t32-,33-,34+,35-,36-,37+,42+,43-,44?,46-,47+,48+,49-,50+,53+,54-,55-,56-/m1/s1. The van der Waals surface area contributed by atoms with Crippen LogP contribution in [0.15, 0.2) is 41.5 Å². The molecular formula is C56H91N3O16. The average molecular weight is 1060 g/mol. The van der Waals surface area contributed by atoms with Crippen molar-refractivity contribution < 1.29 is 73.0 Å². The number of carbonyl (C=O) groups excluding carboxylic acids is 1. The van der Waals surface area contributed by atoms with Crippen LogP contribution in [0.3, 0.4) is 0 Å². The number of fused-ring (bicyclic) bond motifs is 1. The second-order valence-electron chi connectivity index (χ2n) is 23.0. The topological polar surface area (TPSA) is 238 Å². The summed E-state index contributed by atoms with van der Waals surface area (Å²) in [4.78, 5) is 43.3. The first-order valence-corrected chi connectivity index (χ1v) is 26.8. The molecule has 0 aliphatic carbocycles. The van der Waals surface area contributed by atoms with Crippen LogP contribution < -0.4 is 5.43 Å². The van der Waals surface area contributed by atoms with Gasteiger partial charge in [-0.25, -0.2) is 4.79 Å². The summed E-state index contributed by atoms with van der Waals surface area (Å²) in [5, 5.41) is 58.1. The van der Waals surface area contributed by atoms with Crippen LogP contribution in [0.5, 0.6) is 0 Å². The fraction of sp³-hybridized carbons (Fsp3) is 0.768. The lowest BCUT2D eigenvalue weighted by Crippen LogP contribution is -2.61. The van der Waals surface area contributed by atoms with E-state index in [1.807, 2.05) is 91.5 Å². The van der Waals surface area contributed by atoms with Gasteiger partial charge in [0.25, 0.3) is 0 Å². The van der Waals surface area contributed by atoms with Crippen LogP contribution in [-0.4, -0.2) is 190 Å². The Hall–Kier alpha value is -3.57. The molecule has 0 saturated carbocycles. The number of nitrogens with zero attached hydrogens (tertiary/aromatic N) is 3. The number of carbonyl (C=O) groups is 2. The van der Waals surface area contributed by atoms with Gasteiger partial charge in [-0.1, -0.05) is 26.8 Å². The number of pyridine rings is 1. The molecule has 5 N–H and O–H groups in total. The van der Waals surface area contributed by atoms with Crippen molar-refractivity contribution in [2.45, 2.75) is 212 Å². The number of aliphatic hydroxyl groups is 4. The smallest absolute Gasteiger partial charge is 0.341 e. The molecule has 2 aromatic rings. The number of hydrogen-bond acceptors (Lipinski definition) is 17. The van der Waals surface area contributed by atoms with E-state index in [9.17, 15) is 39.9 Å². The van der Waals surface area contributed by atoms with Gasteiger partial charge in [0.05, 0.1) is 59.9 Å². The summed E-state index contributed by atoms with van der Waals surface area (Å²) in [6.07, 6.45) is -3.02. The summed E-state index contributed by atoms with van der Waals surface area (Å²) in [5.41, 5.74) is -3.78. The molecule has 0 spiro atoms. The van der Waals surface area contributed by atoms with Crippen LogP contribution in [0.1, 0.15) is 131 Å². The summed E-state index contributed by atoms with van der Waals surface area (Å²) in [5.74, 6) is -4.02. The predicted octanol–water partition coefficient (Wildman–Crippen LogP) is 5.29. The zero-order valence-electron chi connectivity index (χ0n) is 47.4. The number of allylic oxidation sites excluding steroid dienone is 1. The van der Waals surface area contributed by atoms with Crippen LogP contribution in [0.2, 0.25) is 0 Å². The van der Waals surface area contributed by atoms with Crippen molar-refractivity contribution in [3.8, 4) is 0 Å². The van der Waals surface area contributed by atoms with E-state index < -0.39 is 107 Å². The average Bonchev–Trinajstić information content (AvgIpc) is 3.33. The third-order valence-electron chi connectivity index (χ3n) is 16.1. The number of aromatic carboxylic acids is 1. The zero-order valence-corrected chi connectivity index (χ0v) is 47.4. The molecule has 3 aliphatic rings. The fourth-order valence-electron chi connectivity index (χ4n) is 11.7. The molecule has 5 rings (SSSR count). The first kappa shape index (κ1) is 62.3. The van der Waals surface area contributed by atoms with E-state index >= 15 is 0 Å². The molecule has 4 heterocycles. The highest BCUT2D eigenvalue weighted by atomic mass is 16.7. The number of likely N-dealkylation sites (N-methyl/N-ethyl adjacent to an activating group) is 2. The normalized spacial score (nSPS) is 38.2. The predicted molar refractivity (Wildman–Crippen MR) is 282 cm³/mol. The molecule has 19 nitrogen and oxygen atoms in total. The van der Waals surface area contributed by atoms with Crippen LogP contribution >= 0.6 is 0 Å². The van der Waals surface area contributed by atoms with Crippen molar-refractivity contribution in [2.24, 2.45) is 17.8 Å². The monoisotopic (exact) mass is 1060 g/mol. The van der Waals surface area contributed by atoms with E-state index in [0.29, 0.717) is 30.3 Å². The minimum atomic E-state index is -1.84. The lowest BCUT2D eigenvalue weighted by molar-refractivity contribution is -0.321. The highest BCUT2D eigenvalue weighted by Gasteiger charge is 2.53. The van der Waals surface area contributed by atoms with Crippen LogP contribution in [0.4, 0.5) is 0 Å². The Bertz CT molecular complexity index is 2290. The third-order valence-corrected chi connectivity index (χ3v) is 16.1. The van der Waals surface area contributed by atoms with Gasteiger partial charge >= 0.3 is 11.9 Å². The number of benzene rings is 1. The molecule has 1 aromatic carbocycles. The van der Waals surface area contributed by atoms with E-state index in [-0.39, 0.29) is 62.1 Å². The highest BCUT2D eigenvalue weighted by molar-refractivity contribution is 5.92. The number of carboxylic acid groups (broad SMARTS) is 1. The first-order chi connectivity index (χ1) is 35.0. The highest BCUT2D eigenvalue weighted by Crippen LogP contribution is 2.41. The molecule has 0 radical (unpaired) electrons. The molecule has 75 heavy (non-hydrogen) atoms. The maximum Gasteiger partial charge on any atom is 0.341 e. The maximum absolute atomic E-state index is 14.6. The number of aliphatic hydroxyl groups excluding tert-OH is 2. The number of aromatic nitrogens is 1. The van der Waals surface area contributed by atoms with Gasteiger partial charge in [0.1, 0.15) is 42.2 Å². The Labute approximate surface area is 444 Å². The fourth-order valence-corrected chi connectivity index (χ4v) is 11.7. The van der Waals surface area contributed by atoms with Crippen molar-refractivity contribution >= 4 is 22.8 Å². The third kappa shape index (κ3) is 14.6. The van der Waals surface area contributed by atoms with Crippen LogP contribution in [-0.2, 0) is 49.1 Å². The lowest BCUT2D eigenvalue weighted by Gasteiger charge is -2.49. The minimum Gasteiger partial charge on any atom is -0.499 e. The Morgan fingerprint density at radius 1 is 0.973 bits per heavy atom. The van der Waals surface area contributed by atoms with Gasteiger partial charge in [-0.05, 0) is 139 Å². The molecule has 18 atom stereocenters. The van der Waals surface area contributed by atoms with Gasteiger partial charge < -0.3 is 77.8 Å². The van der Waals surface area contributed by atoms with Crippen molar-refractivity contribution in [1.82, 2.24) is 14.4 Å². The quantitative estimate of drug-likeness (QED) is 0.0816. The summed E-state index contributed by atoms with van der Waals surface area (Å²) < 4.78 is 53.0. The van der Waals surface area contributed by atoms with E-state index in [0.717, 1.165) is 5.56 Å². The van der Waals surface area contributed by atoms with E-state index in [4.69, 9.17) is 37.9 Å². The largest absolute Gasteiger partial charge is 0.499 e. The molecule has 3 fully saturated rings. The van der Waals surface area contributed by atoms with Crippen LogP contribution in [0.25, 0.3) is 10.9 Å². The second kappa shape index (κ2) is 25.9. The van der Waals surface area contributed by atoms with E-state index in [1.54, 1.807) is 57.8 Å². The van der Waals surface area contributed by atoms with E-state index in [2.05, 4.69) is 0 Å². The van der Waals surface area contributed by atoms with Gasteiger partial charge in [-0.2, -0.15) is 0 Å². The Morgan fingerprint density at radius 3 is 2.27 bits per heavy atom. The minimum absolute atomic E-state index is 0.0560. The first-order valence-electron chi connectivity index (χ1n) is 26.8. The van der Waals surface area contributed by atoms with Crippen molar-refractivity contribution in [1.29, 1.82) is 0 Å². The number of rotatable bonds is 16. The molecular weight excluding hydrogens is 971 g/mol. The molecule has 3 saturated heterocycles. The number of ether oxygens (including phenoxy) is 8. The van der Waals surface area contributed by atoms with Gasteiger partial charge in [0.15, 0.2) is 12.6 Å². The van der Waals surface area contributed by atoms with E-state index in [1.165, 1.54) is 13.1 Å². The molecule has 0 amide bonds. The van der Waals surface area contributed by atoms with Gasteiger partial charge in [0.2, 0.25) is 5.43 Å². The Morgan fingerprint density at radius 2 is 1.65 bits per heavy atom. The van der Waals surface area contributed by atoms with Gasteiger partial charge in [0, 0.05) is 55.7 Å².